The Morgan fingerprint density at radius 1 is 0.296 bits per heavy atom. The van der Waals surface area contributed by atoms with E-state index in [0.29, 0.717) is 19.3 Å². The van der Waals surface area contributed by atoms with Crippen molar-refractivity contribution < 1.29 is 28.6 Å². The number of carbonyl (C=O) groups is 3. The molecular formula is C65H104O6. The summed E-state index contributed by atoms with van der Waals surface area (Å²) in [5.41, 5.74) is 0. The third-order valence-electron chi connectivity index (χ3n) is 11.6. The molecule has 0 aromatic carbocycles. The fourth-order valence-electron chi connectivity index (χ4n) is 7.32. The molecule has 0 bridgehead atoms. The second-order valence-corrected chi connectivity index (χ2v) is 18.5. The Kier molecular flexibility index (Phi) is 54.5. The molecule has 0 unspecified atom stereocenters. The summed E-state index contributed by atoms with van der Waals surface area (Å²) in [5.74, 6) is -1.08. The van der Waals surface area contributed by atoms with E-state index in [9.17, 15) is 14.4 Å². The van der Waals surface area contributed by atoms with Gasteiger partial charge in [0.2, 0.25) is 0 Å². The summed E-state index contributed by atoms with van der Waals surface area (Å²) >= 11 is 0. The highest BCUT2D eigenvalue weighted by molar-refractivity contribution is 5.71. The molecule has 0 saturated heterocycles. The molecule has 0 saturated carbocycles. The van der Waals surface area contributed by atoms with E-state index >= 15 is 0 Å². The van der Waals surface area contributed by atoms with Crippen molar-refractivity contribution in [2.45, 2.75) is 245 Å². The van der Waals surface area contributed by atoms with Crippen molar-refractivity contribution >= 4 is 17.9 Å². The molecule has 0 aromatic rings. The van der Waals surface area contributed by atoms with Crippen LogP contribution in [0.15, 0.2) is 134 Å². The summed E-state index contributed by atoms with van der Waals surface area (Å²) in [5, 5.41) is 0. The van der Waals surface area contributed by atoms with Crippen molar-refractivity contribution in [2.75, 3.05) is 13.2 Å². The van der Waals surface area contributed by atoms with Gasteiger partial charge in [-0.25, -0.2) is 0 Å². The minimum atomic E-state index is -0.844. The zero-order valence-corrected chi connectivity index (χ0v) is 45.7. The quantitative estimate of drug-likeness (QED) is 0.0262. The molecule has 0 N–H and O–H groups in total. The standard InChI is InChI=1S/C65H104O6/c1-4-7-10-13-16-19-22-25-28-31-32-35-37-40-43-46-49-52-55-58-64(67)70-61-62(71-65(68)59-56-53-50-47-44-41-38-34-30-27-24-21-18-15-12-9-6-3)60-69-63(66)57-54-51-48-45-42-39-36-33-29-26-23-20-17-14-11-8-5-2/h7,10,16,19,25-30,32,35-36,38-41,43,45,47-48,50,62H,4-6,8-9,11-15,17-18,20-24,31,33-34,37,42,44,46,49,51-61H2,1-3H3/b10-7-,19-16-,28-25-,29-26-,30-27-,35-32-,39-36-,41-38-,43-40-,48-45-,50-47-/t62-/m0/s1. The SMILES string of the molecule is CC/C=C\C/C=C\C/C=C\C/C=C\C/C=C\CCCCCC(=O)OC[C@H](COC(=O)CCC/C=C\C/C=C\C/C=C\CCCCCCCC)OC(=O)CCC/C=C\C/C=C\C/C=C\CCCCCCCC. The van der Waals surface area contributed by atoms with E-state index < -0.39 is 6.10 Å². The zero-order chi connectivity index (χ0) is 51.4. The number of ether oxygens (including phenoxy) is 3. The molecule has 71 heavy (non-hydrogen) atoms. The molecule has 0 fully saturated rings. The van der Waals surface area contributed by atoms with Gasteiger partial charge >= 0.3 is 17.9 Å². The van der Waals surface area contributed by atoms with Crippen LogP contribution in [0.2, 0.25) is 0 Å². The molecule has 0 amide bonds. The number of rotatable bonds is 50. The normalized spacial score (nSPS) is 13.1. The van der Waals surface area contributed by atoms with Gasteiger partial charge in [-0.2, -0.15) is 0 Å². The Bertz CT molecular complexity index is 1550. The van der Waals surface area contributed by atoms with Crippen LogP contribution in [0.1, 0.15) is 239 Å². The lowest BCUT2D eigenvalue weighted by molar-refractivity contribution is -0.167. The van der Waals surface area contributed by atoms with Crippen LogP contribution < -0.4 is 0 Å². The van der Waals surface area contributed by atoms with Crippen molar-refractivity contribution in [3.05, 3.63) is 134 Å². The molecule has 0 aliphatic rings. The van der Waals surface area contributed by atoms with Crippen LogP contribution in [0.4, 0.5) is 0 Å². The highest BCUT2D eigenvalue weighted by Crippen LogP contribution is 2.11. The number of carbonyl (C=O) groups excluding carboxylic acids is 3. The summed E-state index contributed by atoms with van der Waals surface area (Å²) in [7, 11) is 0. The molecule has 400 valence electrons. The minimum absolute atomic E-state index is 0.135. The van der Waals surface area contributed by atoms with E-state index in [-0.39, 0.29) is 44.0 Å². The second-order valence-electron chi connectivity index (χ2n) is 18.5. The van der Waals surface area contributed by atoms with Crippen molar-refractivity contribution in [2.24, 2.45) is 0 Å². The number of hydrogen-bond donors (Lipinski definition) is 0. The van der Waals surface area contributed by atoms with E-state index in [0.717, 1.165) is 96.3 Å². The van der Waals surface area contributed by atoms with Gasteiger partial charge in [0.1, 0.15) is 13.2 Å². The van der Waals surface area contributed by atoms with Gasteiger partial charge in [0.05, 0.1) is 0 Å². The molecular weight excluding hydrogens is 877 g/mol. The van der Waals surface area contributed by atoms with Crippen LogP contribution in [-0.2, 0) is 28.6 Å². The first-order chi connectivity index (χ1) is 35.0. The van der Waals surface area contributed by atoms with Crippen molar-refractivity contribution in [3.63, 3.8) is 0 Å². The predicted molar refractivity (Wildman–Crippen MR) is 306 cm³/mol. The first-order valence-electron chi connectivity index (χ1n) is 28.7. The topological polar surface area (TPSA) is 78.9 Å². The van der Waals surface area contributed by atoms with Crippen molar-refractivity contribution in [3.8, 4) is 0 Å². The highest BCUT2D eigenvalue weighted by Gasteiger charge is 2.19. The minimum Gasteiger partial charge on any atom is -0.462 e. The van der Waals surface area contributed by atoms with E-state index in [1.54, 1.807) is 0 Å². The van der Waals surface area contributed by atoms with Crippen LogP contribution in [0.5, 0.6) is 0 Å². The molecule has 0 heterocycles. The third-order valence-corrected chi connectivity index (χ3v) is 11.6. The summed E-state index contributed by atoms with van der Waals surface area (Å²) in [6.45, 7) is 6.39. The van der Waals surface area contributed by atoms with Gasteiger partial charge in [-0.3, -0.25) is 14.4 Å². The van der Waals surface area contributed by atoms with Gasteiger partial charge in [-0.1, -0.05) is 225 Å². The van der Waals surface area contributed by atoms with E-state index in [1.807, 2.05) is 0 Å². The Hall–Kier alpha value is -4.45. The van der Waals surface area contributed by atoms with Crippen LogP contribution in [0.25, 0.3) is 0 Å². The molecule has 1 atom stereocenters. The Morgan fingerprint density at radius 3 is 0.915 bits per heavy atom. The van der Waals surface area contributed by atoms with E-state index in [1.165, 1.54) is 89.9 Å². The van der Waals surface area contributed by atoms with Gasteiger partial charge in [0.15, 0.2) is 6.10 Å². The Morgan fingerprint density at radius 2 is 0.563 bits per heavy atom. The van der Waals surface area contributed by atoms with Crippen LogP contribution >= 0.6 is 0 Å². The molecule has 0 aliphatic carbocycles. The maximum Gasteiger partial charge on any atom is 0.306 e. The molecule has 6 nitrogen and oxygen atoms in total. The summed E-state index contributed by atoms with van der Waals surface area (Å²) in [6, 6.07) is 0. The van der Waals surface area contributed by atoms with Gasteiger partial charge in [0.25, 0.3) is 0 Å². The number of esters is 3. The monoisotopic (exact) mass is 981 g/mol. The first-order valence-corrected chi connectivity index (χ1v) is 28.7. The zero-order valence-electron chi connectivity index (χ0n) is 45.7. The smallest absolute Gasteiger partial charge is 0.306 e. The average Bonchev–Trinajstić information content (AvgIpc) is 3.37. The fraction of sp³-hybridized carbons (Fsp3) is 0.615. The lowest BCUT2D eigenvalue weighted by Gasteiger charge is -2.18. The first kappa shape index (κ1) is 66.6. The molecule has 0 radical (unpaired) electrons. The predicted octanol–water partition coefficient (Wildman–Crippen LogP) is 19.4. The van der Waals surface area contributed by atoms with Crippen molar-refractivity contribution in [1.29, 1.82) is 0 Å². The van der Waals surface area contributed by atoms with Crippen LogP contribution in [-0.4, -0.2) is 37.2 Å². The van der Waals surface area contributed by atoms with Crippen LogP contribution in [0, 0.1) is 0 Å². The second kappa shape index (κ2) is 58.1. The number of hydrogen-bond acceptors (Lipinski definition) is 6. The lowest BCUT2D eigenvalue weighted by atomic mass is 10.1. The molecule has 0 aromatic heterocycles. The fourth-order valence-corrected chi connectivity index (χ4v) is 7.32. The molecule has 0 spiro atoms. The van der Waals surface area contributed by atoms with Crippen LogP contribution in [0.3, 0.4) is 0 Å². The maximum atomic E-state index is 12.8. The van der Waals surface area contributed by atoms with Gasteiger partial charge in [-0.05, 0) is 128 Å². The Labute approximate surface area is 436 Å². The average molecular weight is 982 g/mol. The van der Waals surface area contributed by atoms with Gasteiger partial charge in [-0.15, -0.1) is 0 Å². The summed E-state index contributed by atoms with van der Waals surface area (Å²) in [6.07, 6.45) is 81.7. The summed E-state index contributed by atoms with van der Waals surface area (Å²) < 4.78 is 16.7. The molecule has 0 aliphatic heterocycles. The van der Waals surface area contributed by atoms with E-state index in [4.69, 9.17) is 14.2 Å². The summed E-state index contributed by atoms with van der Waals surface area (Å²) in [4.78, 5) is 38.1. The number of unbranched alkanes of at least 4 members (excludes halogenated alkanes) is 17. The number of allylic oxidation sites excluding steroid dienone is 22. The van der Waals surface area contributed by atoms with Gasteiger partial charge < -0.3 is 14.2 Å². The lowest BCUT2D eigenvalue weighted by Crippen LogP contribution is -2.30. The molecule has 6 heteroatoms. The maximum absolute atomic E-state index is 12.8. The van der Waals surface area contributed by atoms with Gasteiger partial charge in [0, 0.05) is 19.3 Å². The molecule has 0 rings (SSSR count). The van der Waals surface area contributed by atoms with E-state index in [2.05, 4.69) is 154 Å². The third kappa shape index (κ3) is 56.3. The largest absolute Gasteiger partial charge is 0.462 e. The highest BCUT2D eigenvalue weighted by atomic mass is 16.6. The Balaban J connectivity index is 4.62. The van der Waals surface area contributed by atoms with Crippen molar-refractivity contribution in [1.82, 2.24) is 0 Å².